The Kier molecular flexibility index (Phi) is 22.1. The zero-order chi connectivity index (χ0) is 99.1. The van der Waals surface area contributed by atoms with Crippen LogP contribution < -0.4 is 0 Å². The number of nitrogens with zero attached hydrogens (tertiary/aromatic N) is 10. The second kappa shape index (κ2) is 37.6. The predicted molar refractivity (Wildman–Crippen MR) is 629 cm³/mol. The van der Waals surface area contributed by atoms with Gasteiger partial charge in [0.05, 0.1) is 61.2 Å². The van der Waals surface area contributed by atoms with Gasteiger partial charge in [-0.05, 0) is 204 Å². The van der Waals surface area contributed by atoms with Gasteiger partial charge in [-0.15, -0.1) is 22.7 Å². The van der Waals surface area contributed by atoms with Gasteiger partial charge in [0.1, 0.15) is 0 Å². The zero-order valence-electron chi connectivity index (χ0n) is 81.1. The van der Waals surface area contributed by atoms with Crippen LogP contribution in [0.3, 0.4) is 0 Å². The third-order valence-electron chi connectivity index (χ3n) is 29.3. The molecule has 702 valence electrons. The molecule has 30 aromatic rings. The molecule has 0 saturated carbocycles. The first-order chi connectivity index (χ1) is 74.4. The number of rotatable bonds is 15. The first-order valence-electron chi connectivity index (χ1n) is 50.6. The molecule has 0 aliphatic heterocycles. The van der Waals surface area contributed by atoms with E-state index in [1.807, 2.05) is 65.5 Å². The van der Waals surface area contributed by atoms with Gasteiger partial charge < -0.3 is 4.57 Å². The predicted octanol–water partition coefficient (Wildman–Crippen LogP) is 36.9. The van der Waals surface area contributed by atoms with E-state index in [0.29, 0.717) is 17.8 Å². The van der Waals surface area contributed by atoms with E-state index >= 15 is 0 Å². The van der Waals surface area contributed by atoms with E-state index in [-0.39, 0.29) is 0 Å². The lowest BCUT2D eigenvalue weighted by molar-refractivity contribution is 0.991. The molecule has 0 N–H and O–H groups in total. The lowest BCUT2D eigenvalue weighted by atomic mass is 9.98. The number of benzene rings is 21. The molecule has 12 heteroatoms. The van der Waals surface area contributed by atoms with E-state index in [2.05, 4.69) is 510 Å². The van der Waals surface area contributed by atoms with Crippen LogP contribution in [0.4, 0.5) is 0 Å². The molecule has 0 saturated heterocycles. The Hall–Kier alpha value is -19.5. The number of fused-ring (bicyclic) bond motifs is 18. The van der Waals surface area contributed by atoms with Crippen molar-refractivity contribution in [2.24, 2.45) is 0 Å². The van der Waals surface area contributed by atoms with Crippen molar-refractivity contribution in [2.45, 2.75) is 0 Å². The van der Waals surface area contributed by atoms with Crippen LogP contribution in [0, 0.1) is 0 Å². The second-order valence-electron chi connectivity index (χ2n) is 38.0. The topological polar surface area (TPSA) is 97.1 Å². The average Bonchev–Trinajstić information content (AvgIpc) is 1.51. The molecule has 0 radical (unpaired) electrons. The van der Waals surface area contributed by atoms with Gasteiger partial charge in [0.15, 0.2) is 0 Å². The standard InChI is InChI=1S/C46H30N4.2C46H29N3S/c1-2-11-31(12-3-1)32-21-23-33(24-22-32)34-13-10-14-35(29-34)41-27-28-47-46(48-41)50-44-20-9-6-17-39(44)40-30-36(25-26-45(40)50)49-42-18-7-4-15-37(42)38-16-5-8-19-43(38)49;1-2-10-30(11-3-1)33-12-8-13-34(28-33)31-20-22-32(23-21-31)41-26-27-47-46(48-41)49-42-18-6-4-14-37(42)38-25-24-35(29-43(38)49)36-16-9-17-40-39-15-5-7-19-44(39)50-45(36)40;1-2-10-30(11-3-1)33-12-8-13-34(28-33)31-20-22-32(23-21-31)41-26-27-47-46(48-41)49-42-18-6-4-14-37(42)40-29-35(24-25-43(40)49)36-16-9-17-39-38-15-5-7-19-44(38)50-45(36)39/h1-30H;2*1-29H. The minimum Gasteiger partial charge on any atom is -0.309 e. The quantitative estimate of drug-likeness (QED) is 0.101. The van der Waals surface area contributed by atoms with Crippen LogP contribution in [0.2, 0.25) is 0 Å². The van der Waals surface area contributed by atoms with Crippen LogP contribution in [0.25, 0.3) is 274 Å². The Balaban J connectivity index is 0.000000108. The summed E-state index contributed by atoms with van der Waals surface area (Å²) in [4.78, 5) is 30.0. The summed E-state index contributed by atoms with van der Waals surface area (Å²) in [6, 6.07) is 184. The molecule has 10 nitrogen and oxygen atoms in total. The summed E-state index contributed by atoms with van der Waals surface area (Å²) in [5, 5.41) is 14.8. The molecule has 0 unspecified atom stereocenters. The summed E-state index contributed by atoms with van der Waals surface area (Å²) < 4.78 is 14.2. The van der Waals surface area contributed by atoms with Crippen LogP contribution in [0.1, 0.15) is 0 Å². The molecule has 9 heterocycles. The summed E-state index contributed by atoms with van der Waals surface area (Å²) in [5.41, 5.74) is 35.0. The molecule has 9 aromatic heterocycles. The van der Waals surface area contributed by atoms with Crippen molar-refractivity contribution in [3.8, 4) is 146 Å². The van der Waals surface area contributed by atoms with Crippen LogP contribution in [-0.2, 0) is 0 Å². The van der Waals surface area contributed by atoms with Crippen LogP contribution in [0.15, 0.2) is 534 Å². The van der Waals surface area contributed by atoms with Crippen molar-refractivity contribution < 1.29 is 0 Å². The van der Waals surface area contributed by atoms with Gasteiger partial charge in [0.25, 0.3) is 0 Å². The van der Waals surface area contributed by atoms with Gasteiger partial charge in [-0.1, -0.05) is 400 Å². The Bertz CT molecular complexity index is 10400. The Morgan fingerprint density at radius 3 is 0.840 bits per heavy atom. The minimum atomic E-state index is 0.649. The summed E-state index contributed by atoms with van der Waals surface area (Å²) in [6.07, 6.45) is 5.61. The fourth-order valence-electron chi connectivity index (χ4n) is 22.1. The van der Waals surface area contributed by atoms with Crippen LogP contribution >= 0.6 is 22.7 Å². The Morgan fingerprint density at radius 2 is 0.413 bits per heavy atom. The third-order valence-corrected chi connectivity index (χ3v) is 31.7. The first-order valence-corrected chi connectivity index (χ1v) is 52.2. The van der Waals surface area contributed by atoms with Gasteiger partial charge in [-0.2, -0.15) is 0 Å². The maximum atomic E-state index is 5.18. The molecular weight excluding hydrogens is 1860 g/mol. The molecule has 21 aromatic carbocycles. The number of para-hydroxylation sites is 5. The molecule has 30 rings (SSSR count). The molecule has 0 atom stereocenters. The fourth-order valence-corrected chi connectivity index (χ4v) is 24.5. The maximum Gasteiger partial charge on any atom is 0.235 e. The van der Waals surface area contributed by atoms with E-state index < -0.39 is 0 Å². The second-order valence-corrected chi connectivity index (χ2v) is 40.1. The lowest BCUT2D eigenvalue weighted by Gasteiger charge is -2.11. The highest BCUT2D eigenvalue weighted by Gasteiger charge is 2.25. The minimum absolute atomic E-state index is 0.649. The monoisotopic (exact) mass is 1950 g/mol. The van der Waals surface area contributed by atoms with Crippen molar-refractivity contribution in [1.29, 1.82) is 0 Å². The number of hydrogen-bond acceptors (Lipinski definition) is 8. The molecule has 0 bridgehead atoms. The maximum absolute atomic E-state index is 5.18. The zero-order valence-corrected chi connectivity index (χ0v) is 82.7. The Morgan fingerprint density at radius 1 is 0.147 bits per heavy atom. The molecule has 0 spiro atoms. The van der Waals surface area contributed by atoms with Gasteiger partial charge in [-0.25, -0.2) is 29.9 Å². The van der Waals surface area contributed by atoms with Crippen molar-refractivity contribution in [2.75, 3.05) is 0 Å². The molecule has 0 amide bonds. The highest BCUT2D eigenvalue weighted by Crippen LogP contribution is 2.47. The van der Waals surface area contributed by atoms with E-state index in [1.165, 1.54) is 173 Å². The van der Waals surface area contributed by atoms with Gasteiger partial charge in [0.2, 0.25) is 17.8 Å². The highest BCUT2D eigenvalue weighted by molar-refractivity contribution is 7.26. The normalized spacial score (nSPS) is 11.6. The van der Waals surface area contributed by atoms with Crippen molar-refractivity contribution >= 4 is 150 Å². The smallest absolute Gasteiger partial charge is 0.235 e. The number of thiophene rings is 2. The third kappa shape index (κ3) is 15.9. The molecule has 0 aliphatic rings. The molecule has 150 heavy (non-hydrogen) atoms. The summed E-state index contributed by atoms with van der Waals surface area (Å²) in [6.45, 7) is 0. The van der Waals surface area contributed by atoms with E-state index in [0.717, 1.165) is 83.5 Å². The van der Waals surface area contributed by atoms with E-state index in [1.54, 1.807) is 0 Å². The largest absolute Gasteiger partial charge is 0.309 e. The first kappa shape index (κ1) is 88.2. The lowest BCUT2D eigenvalue weighted by Crippen LogP contribution is -2.02. The summed E-state index contributed by atoms with van der Waals surface area (Å²) in [7, 11) is 0. The van der Waals surface area contributed by atoms with E-state index in [9.17, 15) is 0 Å². The number of aromatic nitrogens is 10. The van der Waals surface area contributed by atoms with Crippen LogP contribution in [0.5, 0.6) is 0 Å². The fraction of sp³-hybridized carbons (Fsp3) is 0. The average molecular weight is 1950 g/mol. The Labute approximate surface area is 872 Å². The van der Waals surface area contributed by atoms with Gasteiger partial charge in [-0.3, -0.25) is 13.7 Å². The molecule has 0 fully saturated rings. The van der Waals surface area contributed by atoms with Crippen molar-refractivity contribution in [3.63, 3.8) is 0 Å². The van der Waals surface area contributed by atoms with Gasteiger partial charge >= 0.3 is 0 Å². The SMILES string of the molecule is c1ccc(-c2ccc(-c3cccc(-c4ccnc(-n5c6ccccc6c6cc(-n7c8ccccc8c8ccccc87)ccc65)n4)c3)cc2)cc1.c1ccc(-c2cccc(-c3ccc(-c4ccnc(-n5c6ccccc6c6cc(-c7cccc8c7sc7ccccc78)ccc65)n4)cc3)c2)cc1.c1ccc(-c2cccc(-c3ccc(-c4ccnc(-n5c6ccccc6c6ccc(-c7cccc8c7sc7ccccc78)cc65)n4)cc3)c2)cc1. The van der Waals surface area contributed by atoms with Crippen LogP contribution in [-0.4, -0.2) is 48.2 Å². The van der Waals surface area contributed by atoms with Crippen molar-refractivity contribution in [1.82, 2.24) is 48.2 Å². The molecule has 0 aliphatic carbocycles. The highest BCUT2D eigenvalue weighted by atomic mass is 32.1. The number of hydrogen-bond donors (Lipinski definition) is 0. The summed E-state index contributed by atoms with van der Waals surface area (Å²) in [5.74, 6) is 1.97. The molecular formula is C138H88N10S2. The van der Waals surface area contributed by atoms with E-state index in [4.69, 9.17) is 29.9 Å². The van der Waals surface area contributed by atoms with Gasteiger partial charge in [0, 0.05) is 124 Å². The summed E-state index contributed by atoms with van der Waals surface area (Å²) >= 11 is 3.73. The van der Waals surface area contributed by atoms with Crippen molar-refractivity contribution in [3.05, 3.63) is 534 Å².